The van der Waals surface area contributed by atoms with Crippen LogP contribution >= 0.6 is 0 Å². The summed E-state index contributed by atoms with van der Waals surface area (Å²) in [6.45, 7) is 4.32. The van der Waals surface area contributed by atoms with E-state index >= 15 is 0 Å². The highest BCUT2D eigenvalue weighted by Gasteiger charge is 2.11. The molecule has 0 aliphatic carbocycles. The molecule has 0 aromatic rings. The molecule has 128 valence electrons. The molecule has 0 aliphatic rings. The van der Waals surface area contributed by atoms with Gasteiger partial charge in [-0.3, -0.25) is 0 Å². The third-order valence-electron chi connectivity index (χ3n) is 4.48. The van der Waals surface area contributed by atoms with Gasteiger partial charge in [0.05, 0.1) is 6.10 Å². The second-order valence-electron chi connectivity index (χ2n) is 6.66. The molecule has 0 radical (unpaired) electrons. The Labute approximate surface area is 134 Å². The molecule has 2 heteroatoms. The van der Waals surface area contributed by atoms with Gasteiger partial charge in [-0.25, -0.2) is 0 Å². The molecule has 0 saturated heterocycles. The summed E-state index contributed by atoms with van der Waals surface area (Å²) in [6.07, 6.45) is 19.6. The van der Waals surface area contributed by atoms with Crippen molar-refractivity contribution in [1.29, 1.82) is 0 Å². The van der Waals surface area contributed by atoms with Crippen molar-refractivity contribution in [2.45, 2.75) is 116 Å². The van der Waals surface area contributed by atoms with Gasteiger partial charge in [-0.2, -0.15) is 0 Å². The highest BCUT2D eigenvalue weighted by atomic mass is 16.5. The molecule has 0 rings (SSSR count). The number of ether oxygens (including phenoxy) is 1. The molecular formula is C19H41NO. The van der Waals surface area contributed by atoms with Crippen LogP contribution in [0.2, 0.25) is 0 Å². The number of unbranched alkanes of at least 4 members (excludes halogenated alkanes) is 12. The van der Waals surface area contributed by atoms with E-state index < -0.39 is 0 Å². The maximum atomic E-state index is 5.87. The summed E-state index contributed by atoms with van der Waals surface area (Å²) in [5.41, 5.74) is 5.87. The van der Waals surface area contributed by atoms with E-state index in [2.05, 4.69) is 6.92 Å². The van der Waals surface area contributed by atoms with Crippen LogP contribution < -0.4 is 5.73 Å². The minimum Gasteiger partial charge on any atom is -0.380 e. The second kappa shape index (κ2) is 16.3. The lowest BCUT2D eigenvalue weighted by Crippen LogP contribution is -2.33. The van der Waals surface area contributed by atoms with Crippen LogP contribution in [0.5, 0.6) is 0 Å². The molecule has 0 aromatic carbocycles. The molecular weight excluding hydrogens is 258 g/mol. The van der Waals surface area contributed by atoms with Gasteiger partial charge in [-0.15, -0.1) is 0 Å². The van der Waals surface area contributed by atoms with Crippen molar-refractivity contribution in [3.05, 3.63) is 0 Å². The number of rotatable bonds is 16. The molecule has 0 heterocycles. The van der Waals surface area contributed by atoms with E-state index in [1.165, 1.54) is 83.5 Å². The van der Waals surface area contributed by atoms with Crippen LogP contribution in [0, 0.1) is 0 Å². The van der Waals surface area contributed by atoms with E-state index in [-0.39, 0.29) is 12.1 Å². The van der Waals surface area contributed by atoms with E-state index in [4.69, 9.17) is 10.5 Å². The highest BCUT2D eigenvalue weighted by molar-refractivity contribution is 4.67. The van der Waals surface area contributed by atoms with E-state index in [0.717, 1.165) is 6.42 Å². The maximum Gasteiger partial charge on any atom is 0.0719 e. The molecule has 2 nitrogen and oxygen atoms in total. The van der Waals surface area contributed by atoms with Crippen LogP contribution in [-0.2, 0) is 4.74 Å². The normalized spacial score (nSPS) is 14.3. The zero-order chi connectivity index (χ0) is 15.8. The van der Waals surface area contributed by atoms with Gasteiger partial charge in [0, 0.05) is 13.2 Å². The van der Waals surface area contributed by atoms with Gasteiger partial charge in [-0.05, 0) is 13.3 Å². The average molecular weight is 300 g/mol. The molecule has 2 atom stereocenters. The minimum absolute atomic E-state index is 0.160. The molecule has 0 amide bonds. The summed E-state index contributed by atoms with van der Waals surface area (Å²) in [5.74, 6) is 0. The molecule has 21 heavy (non-hydrogen) atoms. The van der Waals surface area contributed by atoms with Crippen molar-refractivity contribution in [3.8, 4) is 0 Å². The largest absolute Gasteiger partial charge is 0.380 e. The monoisotopic (exact) mass is 299 g/mol. The smallest absolute Gasteiger partial charge is 0.0719 e. The third-order valence-corrected chi connectivity index (χ3v) is 4.48. The Balaban J connectivity index is 3.12. The average Bonchev–Trinajstić information content (AvgIpc) is 2.47. The Morgan fingerprint density at radius 1 is 0.714 bits per heavy atom. The second-order valence-corrected chi connectivity index (χ2v) is 6.66. The van der Waals surface area contributed by atoms with Gasteiger partial charge in [0.25, 0.3) is 0 Å². The molecule has 0 bridgehead atoms. The van der Waals surface area contributed by atoms with E-state index in [9.17, 15) is 0 Å². The summed E-state index contributed by atoms with van der Waals surface area (Å²) < 4.78 is 5.39. The Kier molecular flexibility index (Phi) is 16.2. The molecule has 2 unspecified atom stereocenters. The summed E-state index contributed by atoms with van der Waals surface area (Å²) in [5, 5.41) is 0. The van der Waals surface area contributed by atoms with Gasteiger partial charge in [-0.1, -0.05) is 90.4 Å². The first-order valence-electron chi connectivity index (χ1n) is 9.50. The lowest BCUT2D eigenvalue weighted by atomic mass is 10.0. The number of nitrogens with two attached hydrogens (primary N) is 1. The molecule has 0 spiro atoms. The molecule has 0 fully saturated rings. The number of hydrogen-bond donors (Lipinski definition) is 1. The Bertz CT molecular complexity index is 194. The topological polar surface area (TPSA) is 35.2 Å². The molecule has 2 N–H and O–H groups in total. The Hall–Kier alpha value is -0.0800. The standard InChI is InChI=1S/C19H41NO/c1-4-5-6-7-8-9-10-11-12-13-14-15-16-17-19(21-3)18(2)20/h18-19H,4-17,20H2,1-3H3. The van der Waals surface area contributed by atoms with Crippen molar-refractivity contribution in [1.82, 2.24) is 0 Å². The zero-order valence-corrected chi connectivity index (χ0v) is 15.0. The van der Waals surface area contributed by atoms with Gasteiger partial charge >= 0.3 is 0 Å². The van der Waals surface area contributed by atoms with Crippen LogP contribution in [0.15, 0.2) is 0 Å². The summed E-state index contributed by atoms with van der Waals surface area (Å²) >= 11 is 0. The summed E-state index contributed by atoms with van der Waals surface area (Å²) in [4.78, 5) is 0. The van der Waals surface area contributed by atoms with Crippen molar-refractivity contribution in [3.63, 3.8) is 0 Å². The molecule has 0 saturated carbocycles. The Morgan fingerprint density at radius 2 is 1.10 bits per heavy atom. The molecule has 0 aliphatic heterocycles. The maximum absolute atomic E-state index is 5.87. The van der Waals surface area contributed by atoms with Crippen molar-refractivity contribution in [2.75, 3.05) is 7.11 Å². The third kappa shape index (κ3) is 14.6. The zero-order valence-electron chi connectivity index (χ0n) is 15.0. The predicted molar refractivity (Wildman–Crippen MR) is 94.8 cm³/mol. The van der Waals surface area contributed by atoms with Gasteiger partial charge in [0.2, 0.25) is 0 Å². The van der Waals surface area contributed by atoms with Gasteiger partial charge in [0.1, 0.15) is 0 Å². The lowest BCUT2D eigenvalue weighted by Gasteiger charge is -2.18. The van der Waals surface area contributed by atoms with Crippen LogP contribution in [0.25, 0.3) is 0 Å². The first-order valence-corrected chi connectivity index (χ1v) is 9.50. The van der Waals surface area contributed by atoms with Crippen molar-refractivity contribution >= 4 is 0 Å². The summed E-state index contributed by atoms with van der Waals surface area (Å²) in [6, 6.07) is 0.160. The van der Waals surface area contributed by atoms with Crippen molar-refractivity contribution < 1.29 is 4.74 Å². The summed E-state index contributed by atoms with van der Waals surface area (Å²) in [7, 11) is 1.77. The van der Waals surface area contributed by atoms with Crippen LogP contribution in [0.3, 0.4) is 0 Å². The van der Waals surface area contributed by atoms with Crippen LogP contribution in [0.1, 0.15) is 104 Å². The minimum atomic E-state index is 0.160. The number of hydrogen-bond acceptors (Lipinski definition) is 2. The van der Waals surface area contributed by atoms with Crippen LogP contribution in [0.4, 0.5) is 0 Å². The van der Waals surface area contributed by atoms with E-state index in [0.29, 0.717) is 0 Å². The first-order chi connectivity index (χ1) is 10.2. The quantitative estimate of drug-likeness (QED) is 0.364. The predicted octanol–water partition coefficient (Wildman–Crippen LogP) is 5.83. The van der Waals surface area contributed by atoms with Crippen molar-refractivity contribution in [2.24, 2.45) is 5.73 Å². The number of methoxy groups -OCH3 is 1. The fraction of sp³-hybridized carbons (Fsp3) is 1.00. The highest BCUT2D eigenvalue weighted by Crippen LogP contribution is 2.14. The fourth-order valence-corrected chi connectivity index (χ4v) is 2.96. The van der Waals surface area contributed by atoms with Crippen LogP contribution in [-0.4, -0.2) is 19.3 Å². The lowest BCUT2D eigenvalue weighted by molar-refractivity contribution is 0.0757. The Morgan fingerprint density at radius 3 is 1.43 bits per heavy atom. The molecule has 0 aromatic heterocycles. The first kappa shape index (κ1) is 20.9. The van der Waals surface area contributed by atoms with E-state index in [1.807, 2.05) is 6.92 Å². The van der Waals surface area contributed by atoms with E-state index in [1.54, 1.807) is 7.11 Å². The SMILES string of the molecule is CCCCCCCCCCCCCCCC(OC)C(C)N. The fourth-order valence-electron chi connectivity index (χ4n) is 2.96. The van der Waals surface area contributed by atoms with Gasteiger partial charge < -0.3 is 10.5 Å². The van der Waals surface area contributed by atoms with Gasteiger partial charge in [0.15, 0.2) is 0 Å².